The first-order chi connectivity index (χ1) is 7.61. The van der Waals surface area contributed by atoms with E-state index in [9.17, 15) is 0 Å². The van der Waals surface area contributed by atoms with Crippen molar-refractivity contribution < 1.29 is 5.11 Å². The van der Waals surface area contributed by atoms with Crippen molar-refractivity contribution in [2.45, 2.75) is 26.3 Å². The van der Waals surface area contributed by atoms with E-state index in [2.05, 4.69) is 19.2 Å². The molecule has 88 valence electrons. The highest BCUT2D eigenvalue weighted by atomic mass is 32.2. The van der Waals surface area contributed by atoms with Gasteiger partial charge in [-0.1, -0.05) is 43.0 Å². The molecule has 0 amide bonds. The van der Waals surface area contributed by atoms with Gasteiger partial charge in [-0.3, -0.25) is 0 Å². The van der Waals surface area contributed by atoms with Gasteiger partial charge in [0, 0.05) is 6.04 Å². The van der Waals surface area contributed by atoms with Crippen molar-refractivity contribution in [3.63, 3.8) is 0 Å². The van der Waals surface area contributed by atoms with Crippen LogP contribution in [0.5, 0.6) is 5.75 Å². The van der Waals surface area contributed by atoms with Gasteiger partial charge in [-0.15, -0.1) is 0 Å². The van der Waals surface area contributed by atoms with E-state index in [1.54, 1.807) is 23.9 Å². The Bertz CT molecular complexity index is 337. The summed E-state index contributed by atoms with van der Waals surface area (Å²) in [6.07, 6.45) is 0.907. The number of benzene rings is 1. The van der Waals surface area contributed by atoms with Crippen molar-refractivity contribution in [1.82, 2.24) is 5.32 Å². The highest BCUT2D eigenvalue weighted by molar-refractivity contribution is 8.22. The lowest BCUT2D eigenvalue weighted by atomic mass is 10.1. The first-order valence-corrected chi connectivity index (χ1v) is 6.72. The standard InChI is InChI=1S/C12H17NOS2/c1-3-16-12(15)13-9(2)8-10-4-6-11(14)7-5-10/h4-7,9,14H,3,8H2,1-2H3,(H,13,15)/t9-/m1/s1. The molecule has 16 heavy (non-hydrogen) atoms. The van der Waals surface area contributed by atoms with Crippen LogP contribution in [0, 0.1) is 0 Å². The molecule has 0 aromatic heterocycles. The molecule has 1 aromatic rings. The summed E-state index contributed by atoms with van der Waals surface area (Å²) in [5.41, 5.74) is 1.20. The Kier molecular flexibility index (Phi) is 5.63. The Labute approximate surface area is 106 Å². The van der Waals surface area contributed by atoms with Crippen LogP contribution in [0.4, 0.5) is 0 Å². The molecule has 4 heteroatoms. The summed E-state index contributed by atoms with van der Waals surface area (Å²) in [5, 5.41) is 12.4. The molecular weight excluding hydrogens is 238 g/mol. The monoisotopic (exact) mass is 255 g/mol. The smallest absolute Gasteiger partial charge is 0.133 e. The summed E-state index contributed by atoms with van der Waals surface area (Å²) < 4.78 is 0.855. The van der Waals surface area contributed by atoms with E-state index in [0.717, 1.165) is 16.5 Å². The molecule has 0 aliphatic heterocycles. The zero-order valence-electron chi connectivity index (χ0n) is 9.56. The number of aromatic hydroxyl groups is 1. The van der Waals surface area contributed by atoms with Crippen molar-refractivity contribution in [3.05, 3.63) is 29.8 Å². The maximum atomic E-state index is 9.17. The van der Waals surface area contributed by atoms with Crippen LogP contribution in [-0.4, -0.2) is 21.2 Å². The van der Waals surface area contributed by atoms with E-state index in [4.69, 9.17) is 17.3 Å². The number of nitrogens with one attached hydrogen (secondary N) is 1. The van der Waals surface area contributed by atoms with Crippen LogP contribution >= 0.6 is 24.0 Å². The fourth-order valence-electron chi connectivity index (χ4n) is 1.41. The molecule has 1 rings (SSSR count). The van der Waals surface area contributed by atoms with Crippen LogP contribution in [0.2, 0.25) is 0 Å². The minimum Gasteiger partial charge on any atom is -0.508 e. The second-order valence-electron chi connectivity index (χ2n) is 3.64. The van der Waals surface area contributed by atoms with Crippen LogP contribution < -0.4 is 5.32 Å². The second kappa shape index (κ2) is 6.76. The average Bonchev–Trinajstić information content (AvgIpc) is 2.21. The number of hydrogen-bond acceptors (Lipinski definition) is 3. The predicted octanol–water partition coefficient (Wildman–Crippen LogP) is 2.95. The maximum absolute atomic E-state index is 9.17. The molecule has 0 saturated heterocycles. The van der Waals surface area contributed by atoms with Crippen LogP contribution in [0.1, 0.15) is 19.4 Å². The third kappa shape index (κ3) is 4.86. The number of thiocarbonyl (C=S) groups is 1. The topological polar surface area (TPSA) is 32.3 Å². The summed E-state index contributed by atoms with van der Waals surface area (Å²) in [5.74, 6) is 1.30. The summed E-state index contributed by atoms with van der Waals surface area (Å²) in [4.78, 5) is 0. The van der Waals surface area contributed by atoms with Crippen LogP contribution in [0.25, 0.3) is 0 Å². The molecule has 0 spiro atoms. The maximum Gasteiger partial charge on any atom is 0.133 e. The van der Waals surface area contributed by atoms with Crippen molar-refractivity contribution in [2.75, 3.05) is 5.75 Å². The van der Waals surface area contributed by atoms with Gasteiger partial charge in [0.1, 0.15) is 10.1 Å². The van der Waals surface area contributed by atoms with E-state index < -0.39 is 0 Å². The van der Waals surface area contributed by atoms with Crippen LogP contribution in [0.15, 0.2) is 24.3 Å². The van der Waals surface area contributed by atoms with E-state index in [1.165, 1.54) is 5.56 Å². The second-order valence-corrected chi connectivity index (χ2v) is 5.58. The first kappa shape index (κ1) is 13.3. The normalized spacial score (nSPS) is 12.1. The zero-order valence-corrected chi connectivity index (χ0v) is 11.2. The van der Waals surface area contributed by atoms with Crippen molar-refractivity contribution in [1.29, 1.82) is 0 Å². The van der Waals surface area contributed by atoms with Crippen molar-refractivity contribution in [3.8, 4) is 5.75 Å². The van der Waals surface area contributed by atoms with Gasteiger partial charge < -0.3 is 10.4 Å². The fraction of sp³-hybridized carbons (Fsp3) is 0.417. The zero-order chi connectivity index (χ0) is 12.0. The average molecular weight is 255 g/mol. The fourth-order valence-corrected chi connectivity index (χ4v) is 2.51. The van der Waals surface area contributed by atoms with Crippen LogP contribution in [0.3, 0.4) is 0 Å². The number of phenols is 1. The molecule has 0 heterocycles. The minimum atomic E-state index is 0.307. The number of hydrogen-bond donors (Lipinski definition) is 2. The lowest BCUT2D eigenvalue weighted by molar-refractivity contribution is 0.475. The van der Waals surface area contributed by atoms with Gasteiger partial charge in [-0.05, 0) is 36.8 Å². The molecular formula is C12H17NOS2. The largest absolute Gasteiger partial charge is 0.508 e. The van der Waals surface area contributed by atoms with Crippen molar-refractivity contribution >= 4 is 28.3 Å². The predicted molar refractivity (Wildman–Crippen MR) is 75.1 cm³/mol. The number of phenolic OH excluding ortho intramolecular Hbond substituents is 1. The molecule has 0 bridgehead atoms. The molecule has 0 aliphatic rings. The van der Waals surface area contributed by atoms with Gasteiger partial charge >= 0.3 is 0 Å². The molecule has 1 atom stereocenters. The third-order valence-corrected chi connectivity index (χ3v) is 3.26. The van der Waals surface area contributed by atoms with E-state index >= 15 is 0 Å². The summed E-state index contributed by atoms with van der Waals surface area (Å²) in [7, 11) is 0. The van der Waals surface area contributed by atoms with E-state index in [1.807, 2.05) is 12.1 Å². The Morgan fingerprint density at radius 3 is 2.62 bits per heavy atom. The minimum absolute atomic E-state index is 0.307. The molecule has 0 saturated carbocycles. The molecule has 0 aliphatic carbocycles. The van der Waals surface area contributed by atoms with E-state index in [0.29, 0.717) is 11.8 Å². The summed E-state index contributed by atoms with van der Waals surface area (Å²) in [6.45, 7) is 4.19. The van der Waals surface area contributed by atoms with Gasteiger partial charge in [0.15, 0.2) is 0 Å². The van der Waals surface area contributed by atoms with Gasteiger partial charge in [-0.2, -0.15) is 0 Å². The Morgan fingerprint density at radius 2 is 2.06 bits per heavy atom. The molecule has 2 nitrogen and oxygen atoms in total. The summed E-state index contributed by atoms with van der Waals surface area (Å²) in [6, 6.07) is 7.60. The lowest BCUT2D eigenvalue weighted by Gasteiger charge is -2.15. The molecule has 2 N–H and O–H groups in total. The quantitative estimate of drug-likeness (QED) is 0.810. The van der Waals surface area contributed by atoms with Gasteiger partial charge in [0.2, 0.25) is 0 Å². The van der Waals surface area contributed by atoms with Gasteiger partial charge in [-0.25, -0.2) is 0 Å². The highest BCUT2D eigenvalue weighted by Crippen LogP contribution is 2.11. The Morgan fingerprint density at radius 1 is 1.44 bits per heavy atom. The molecule has 0 unspecified atom stereocenters. The highest BCUT2D eigenvalue weighted by Gasteiger charge is 2.05. The molecule has 0 fully saturated rings. The first-order valence-electron chi connectivity index (χ1n) is 5.33. The van der Waals surface area contributed by atoms with Gasteiger partial charge in [0.25, 0.3) is 0 Å². The Hall–Kier alpha value is -0.740. The number of rotatable bonds is 4. The van der Waals surface area contributed by atoms with Gasteiger partial charge in [0.05, 0.1) is 0 Å². The molecule has 1 aromatic carbocycles. The van der Waals surface area contributed by atoms with E-state index in [-0.39, 0.29) is 0 Å². The third-order valence-electron chi connectivity index (χ3n) is 2.12. The molecule has 0 radical (unpaired) electrons. The Balaban J connectivity index is 2.42. The SMILES string of the molecule is CCSC(=S)N[C@H](C)Cc1ccc(O)cc1. The number of thioether (sulfide) groups is 1. The van der Waals surface area contributed by atoms with Crippen LogP contribution in [-0.2, 0) is 6.42 Å². The summed E-state index contributed by atoms with van der Waals surface area (Å²) >= 11 is 6.83. The lowest BCUT2D eigenvalue weighted by Crippen LogP contribution is -2.31. The van der Waals surface area contributed by atoms with Crippen molar-refractivity contribution in [2.24, 2.45) is 0 Å².